The molecule has 26 heavy (non-hydrogen) atoms. The maximum Gasteiger partial charge on any atom is 0.433 e. The van der Waals surface area contributed by atoms with Crippen LogP contribution >= 0.6 is 24.0 Å². The van der Waals surface area contributed by atoms with E-state index in [-0.39, 0.29) is 29.9 Å². The summed E-state index contributed by atoms with van der Waals surface area (Å²) in [5.41, 5.74) is -0.987. The van der Waals surface area contributed by atoms with E-state index >= 15 is 0 Å². The molecule has 0 atom stereocenters. The number of guanidine groups is 1. The Kier molecular flexibility index (Phi) is 8.47. The van der Waals surface area contributed by atoms with Crippen LogP contribution in [0.4, 0.5) is 19.1 Å². The minimum absolute atomic E-state index is 0. The third kappa shape index (κ3) is 6.61. The van der Waals surface area contributed by atoms with Crippen LogP contribution in [-0.2, 0) is 19.8 Å². The Morgan fingerprint density at radius 3 is 2.62 bits per heavy atom. The molecule has 13 heteroatoms. The Hall–Kier alpha value is -2.19. The Morgan fingerprint density at radius 2 is 2.00 bits per heavy atom. The molecule has 0 aromatic carbocycles. The van der Waals surface area contributed by atoms with Crippen LogP contribution in [0.25, 0.3) is 0 Å². The van der Waals surface area contributed by atoms with Gasteiger partial charge in [0.1, 0.15) is 17.8 Å². The van der Waals surface area contributed by atoms with Crippen LogP contribution in [0.1, 0.15) is 11.5 Å². The molecule has 0 radical (unpaired) electrons. The van der Waals surface area contributed by atoms with Gasteiger partial charge in [-0.25, -0.2) is 15.0 Å². The fourth-order valence-electron chi connectivity index (χ4n) is 1.82. The molecule has 144 valence electrons. The standard InChI is InChI=1S/C13H18F3N9.HI/c1-17-11(21-7-10-22-8-23-25(10)2)19-5-6-20-12-18-4-3-9(24-12)13(14,15)16;/h3-4,8H,5-7H2,1-2H3,(H2,17,19,21)(H,18,20,24);1H. The van der Waals surface area contributed by atoms with Gasteiger partial charge >= 0.3 is 6.18 Å². The van der Waals surface area contributed by atoms with Crippen molar-refractivity contribution in [2.75, 3.05) is 25.5 Å². The van der Waals surface area contributed by atoms with Gasteiger partial charge in [-0.15, -0.1) is 24.0 Å². The maximum atomic E-state index is 12.6. The van der Waals surface area contributed by atoms with E-state index in [1.165, 1.54) is 6.33 Å². The molecule has 0 fully saturated rings. The summed E-state index contributed by atoms with van der Waals surface area (Å²) in [5.74, 6) is 1.17. The number of hydrogen-bond acceptors (Lipinski definition) is 6. The van der Waals surface area contributed by atoms with Crippen molar-refractivity contribution in [3.05, 3.63) is 30.1 Å². The molecular weight excluding hydrogens is 466 g/mol. The molecule has 0 saturated heterocycles. The molecule has 2 aromatic rings. The molecule has 0 spiro atoms. The fraction of sp³-hybridized carbons (Fsp3) is 0.462. The first-order chi connectivity index (χ1) is 11.9. The first kappa shape index (κ1) is 21.9. The third-order valence-electron chi connectivity index (χ3n) is 3.09. The zero-order chi connectivity index (χ0) is 18.3. The number of hydrogen-bond donors (Lipinski definition) is 3. The Labute approximate surface area is 164 Å². The molecule has 0 saturated carbocycles. The second kappa shape index (κ2) is 10.1. The SMILES string of the molecule is CN=C(NCCNc1nccc(C(F)(F)F)n1)NCc1ncnn1C.I. The van der Waals surface area contributed by atoms with Gasteiger partial charge in [-0.05, 0) is 6.07 Å². The van der Waals surface area contributed by atoms with Gasteiger partial charge in [-0.1, -0.05) is 0 Å². The van der Waals surface area contributed by atoms with Gasteiger partial charge in [0.25, 0.3) is 0 Å². The Bertz CT molecular complexity index is 717. The van der Waals surface area contributed by atoms with Crippen LogP contribution in [0.5, 0.6) is 0 Å². The molecule has 0 aliphatic rings. The number of rotatable bonds is 6. The van der Waals surface area contributed by atoms with E-state index in [2.05, 4.69) is 41.0 Å². The lowest BCUT2D eigenvalue weighted by molar-refractivity contribution is -0.141. The minimum atomic E-state index is -4.50. The van der Waals surface area contributed by atoms with Crippen LogP contribution in [0.3, 0.4) is 0 Å². The van der Waals surface area contributed by atoms with E-state index in [0.717, 1.165) is 18.1 Å². The second-order valence-electron chi connectivity index (χ2n) is 4.84. The van der Waals surface area contributed by atoms with Gasteiger partial charge < -0.3 is 16.0 Å². The maximum absolute atomic E-state index is 12.6. The topological polar surface area (TPSA) is 105 Å². The number of anilines is 1. The number of aromatic nitrogens is 5. The molecule has 0 unspecified atom stereocenters. The Morgan fingerprint density at radius 1 is 1.23 bits per heavy atom. The number of aryl methyl sites for hydroxylation is 1. The van der Waals surface area contributed by atoms with Gasteiger partial charge in [0, 0.05) is 33.4 Å². The largest absolute Gasteiger partial charge is 0.433 e. The fourth-order valence-corrected chi connectivity index (χ4v) is 1.82. The molecule has 0 aliphatic heterocycles. The van der Waals surface area contributed by atoms with Crippen molar-refractivity contribution < 1.29 is 13.2 Å². The lowest BCUT2D eigenvalue weighted by Gasteiger charge is -2.12. The highest BCUT2D eigenvalue weighted by Gasteiger charge is 2.32. The van der Waals surface area contributed by atoms with E-state index < -0.39 is 11.9 Å². The molecule has 0 amide bonds. The van der Waals surface area contributed by atoms with Crippen molar-refractivity contribution in [3.8, 4) is 0 Å². The quantitative estimate of drug-likeness (QED) is 0.243. The zero-order valence-corrected chi connectivity index (χ0v) is 16.4. The van der Waals surface area contributed by atoms with E-state index in [1.54, 1.807) is 18.8 Å². The van der Waals surface area contributed by atoms with Crippen LogP contribution in [0.2, 0.25) is 0 Å². The summed E-state index contributed by atoms with van der Waals surface area (Å²) in [5, 5.41) is 12.7. The van der Waals surface area contributed by atoms with Gasteiger partial charge in [0.2, 0.25) is 5.95 Å². The van der Waals surface area contributed by atoms with Crippen molar-refractivity contribution in [2.45, 2.75) is 12.7 Å². The molecule has 2 rings (SSSR count). The average Bonchev–Trinajstić information content (AvgIpc) is 2.99. The van der Waals surface area contributed by atoms with Crippen LogP contribution in [0, 0.1) is 0 Å². The molecule has 0 bridgehead atoms. The van der Waals surface area contributed by atoms with E-state index in [4.69, 9.17) is 0 Å². The van der Waals surface area contributed by atoms with Crippen LogP contribution in [0.15, 0.2) is 23.6 Å². The van der Waals surface area contributed by atoms with Crippen LogP contribution < -0.4 is 16.0 Å². The van der Waals surface area contributed by atoms with Crippen molar-refractivity contribution in [3.63, 3.8) is 0 Å². The average molecular weight is 485 g/mol. The molecule has 0 aliphatic carbocycles. The second-order valence-corrected chi connectivity index (χ2v) is 4.84. The predicted octanol–water partition coefficient (Wildman–Crippen LogP) is 1.02. The third-order valence-corrected chi connectivity index (χ3v) is 3.09. The zero-order valence-electron chi connectivity index (χ0n) is 14.1. The number of aliphatic imine (C=N–C) groups is 1. The summed E-state index contributed by atoms with van der Waals surface area (Å²) in [6.45, 7) is 1.14. The summed E-state index contributed by atoms with van der Waals surface area (Å²) in [4.78, 5) is 15.3. The summed E-state index contributed by atoms with van der Waals surface area (Å²) >= 11 is 0. The van der Waals surface area contributed by atoms with Gasteiger partial charge in [-0.3, -0.25) is 9.67 Å². The lowest BCUT2D eigenvalue weighted by Crippen LogP contribution is -2.39. The van der Waals surface area contributed by atoms with E-state index in [1.807, 2.05) is 0 Å². The summed E-state index contributed by atoms with van der Waals surface area (Å²) in [7, 11) is 3.38. The molecule has 2 heterocycles. The number of nitrogens with one attached hydrogen (secondary N) is 3. The lowest BCUT2D eigenvalue weighted by atomic mass is 10.4. The highest BCUT2D eigenvalue weighted by Crippen LogP contribution is 2.27. The monoisotopic (exact) mass is 485 g/mol. The van der Waals surface area contributed by atoms with Crippen molar-refractivity contribution in [1.82, 2.24) is 35.4 Å². The highest BCUT2D eigenvalue weighted by atomic mass is 127. The Balaban J connectivity index is 0.00000338. The first-order valence-electron chi connectivity index (χ1n) is 7.31. The number of halogens is 4. The smallest absolute Gasteiger partial charge is 0.355 e. The summed E-state index contributed by atoms with van der Waals surface area (Å²) in [6, 6.07) is 0.821. The van der Waals surface area contributed by atoms with Gasteiger partial charge in [0.05, 0.1) is 6.54 Å². The molecular formula is C13H19F3IN9. The van der Waals surface area contributed by atoms with Gasteiger partial charge in [0.15, 0.2) is 5.96 Å². The van der Waals surface area contributed by atoms with E-state index in [9.17, 15) is 13.2 Å². The summed E-state index contributed by atoms with van der Waals surface area (Å²) < 4.78 is 39.3. The molecule has 9 nitrogen and oxygen atoms in total. The number of nitrogens with zero attached hydrogens (tertiary/aromatic N) is 6. The predicted molar refractivity (Wildman–Crippen MR) is 100 cm³/mol. The normalized spacial score (nSPS) is 11.7. The van der Waals surface area contributed by atoms with Crippen molar-refractivity contribution in [1.29, 1.82) is 0 Å². The highest BCUT2D eigenvalue weighted by molar-refractivity contribution is 14.0. The summed E-state index contributed by atoms with van der Waals surface area (Å²) in [6.07, 6.45) is -1.98. The van der Waals surface area contributed by atoms with Gasteiger partial charge in [-0.2, -0.15) is 18.3 Å². The van der Waals surface area contributed by atoms with Crippen LogP contribution in [-0.4, -0.2) is 50.8 Å². The molecule has 2 aromatic heterocycles. The van der Waals surface area contributed by atoms with E-state index in [0.29, 0.717) is 25.6 Å². The van der Waals surface area contributed by atoms with Crippen molar-refractivity contribution >= 4 is 35.9 Å². The molecule has 3 N–H and O–H groups in total. The minimum Gasteiger partial charge on any atom is -0.355 e. The van der Waals surface area contributed by atoms with Crippen molar-refractivity contribution in [2.24, 2.45) is 12.0 Å². The first-order valence-corrected chi connectivity index (χ1v) is 7.31. The number of alkyl halides is 3.